The summed E-state index contributed by atoms with van der Waals surface area (Å²) in [6, 6.07) is 0. The molecule has 0 radical (unpaired) electrons. The predicted molar refractivity (Wildman–Crippen MR) is 60.3 cm³/mol. The van der Waals surface area contributed by atoms with Crippen LogP contribution in [-0.2, 0) is 0 Å². The van der Waals surface area contributed by atoms with Crippen LogP contribution < -0.4 is 0 Å². The zero-order chi connectivity index (χ0) is 10.6. The van der Waals surface area contributed by atoms with Crippen LogP contribution in [0.4, 0.5) is 0 Å². The summed E-state index contributed by atoms with van der Waals surface area (Å²) < 4.78 is 0. The highest BCUT2D eigenvalue weighted by Gasteiger charge is 2.25. The summed E-state index contributed by atoms with van der Waals surface area (Å²) in [5.41, 5.74) is 0. The molecule has 84 valence electrons. The Morgan fingerprint density at radius 1 is 1.21 bits per heavy atom. The van der Waals surface area contributed by atoms with Gasteiger partial charge in [-0.2, -0.15) is 0 Å². The summed E-state index contributed by atoms with van der Waals surface area (Å²) in [6.07, 6.45) is 6.32. The summed E-state index contributed by atoms with van der Waals surface area (Å²) in [7, 11) is 4.06. The van der Waals surface area contributed by atoms with E-state index < -0.39 is 0 Å². The van der Waals surface area contributed by atoms with Gasteiger partial charge in [-0.05, 0) is 38.8 Å². The number of hydrogen-bond donors (Lipinski definition) is 1. The first-order chi connectivity index (χ1) is 6.63. The highest BCUT2D eigenvalue weighted by Crippen LogP contribution is 2.32. The van der Waals surface area contributed by atoms with Crippen LogP contribution in [0.1, 0.15) is 39.0 Å². The highest BCUT2D eigenvalue weighted by molar-refractivity contribution is 4.78. The van der Waals surface area contributed by atoms with Crippen molar-refractivity contribution in [3.8, 4) is 0 Å². The van der Waals surface area contributed by atoms with Gasteiger partial charge in [-0.1, -0.05) is 26.2 Å². The summed E-state index contributed by atoms with van der Waals surface area (Å²) in [5.74, 6) is 1.48. The van der Waals surface area contributed by atoms with E-state index in [1.54, 1.807) is 0 Å². The van der Waals surface area contributed by atoms with E-state index in [2.05, 4.69) is 11.8 Å². The molecule has 0 heterocycles. The van der Waals surface area contributed by atoms with Crippen molar-refractivity contribution in [1.82, 2.24) is 4.90 Å². The zero-order valence-electron chi connectivity index (χ0n) is 9.87. The van der Waals surface area contributed by atoms with Gasteiger partial charge in [0.1, 0.15) is 0 Å². The molecule has 0 aliphatic heterocycles. The van der Waals surface area contributed by atoms with Crippen molar-refractivity contribution >= 4 is 0 Å². The van der Waals surface area contributed by atoms with Gasteiger partial charge in [-0.15, -0.1) is 0 Å². The van der Waals surface area contributed by atoms with Crippen molar-refractivity contribution in [3.05, 3.63) is 0 Å². The molecule has 1 fully saturated rings. The molecule has 0 bridgehead atoms. The molecule has 2 heteroatoms. The van der Waals surface area contributed by atoms with Crippen molar-refractivity contribution in [2.45, 2.75) is 45.1 Å². The molecule has 0 spiro atoms. The van der Waals surface area contributed by atoms with Crippen LogP contribution in [0.5, 0.6) is 0 Å². The Balaban J connectivity index is 2.26. The fourth-order valence-corrected chi connectivity index (χ4v) is 2.50. The molecule has 14 heavy (non-hydrogen) atoms. The van der Waals surface area contributed by atoms with Crippen LogP contribution in [-0.4, -0.2) is 36.8 Å². The monoisotopic (exact) mass is 199 g/mol. The molecular weight excluding hydrogens is 174 g/mol. The quantitative estimate of drug-likeness (QED) is 0.749. The summed E-state index contributed by atoms with van der Waals surface area (Å²) >= 11 is 0. The largest absolute Gasteiger partial charge is 0.392 e. The van der Waals surface area contributed by atoms with E-state index in [1.165, 1.54) is 32.1 Å². The average molecular weight is 199 g/mol. The minimum absolute atomic E-state index is 0.109. The van der Waals surface area contributed by atoms with Gasteiger partial charge in [0.05, 0.1) is 6.10 Å². The maximum atomic E-state index is 9.96. The fourth-order valence-electron chi connectivity index (χ4n) is 2.50. The highest BCUT2D eigenvalue weighted by atomic mass is 16.3. The Bertz CT molecular complexity index is 150. The second-order valence-corrected chi connectivity index (χ2v) is 5.02. The van der Waals surface area contributed by atoms with Crippen LogP contribution in [0.15, 0.2) is 0 Å². The minimum Gasteiger partial charge on any atom is -0.392 e. The van der Waals surface area contributed by atoms with E-state index in [0.717, 1.165) is 12.5 Å². The zero-order valence-corrected chi connectivity index (χ0v) is 9.87. The van der Waals surface area contributed by atoms with Crippen molar-refractivity contribution in [1.29, 1.82) is 0 Å². The second kappa shape index (κ2) is 5.72. The third-order valence-corrected chi connectivity index (χ3v) is 3.57. The van der Waals surface area contributed by atoms with Crippen LogP contribution >= 0.6 is 0 Å². The van der Waals surface area contributed by atoms with Gasteiger partial charge in [0.15, 0.2) is 0 Å². The van der Waals surface area contributed by atoms with E-state index in [9.17, 15) is 5.11 Å². The number of hydrogen-bond acceptors (Lipinski definition) is 2. The van der Waals surface area contributed by atoms with Crippen molar-refractivity contribution in [3.63, 3.8) is 0 Å². The van der Waals surface area contributed by atoms with Gasteiger partial charge in [0.2, 0.25) is 0 Å². The Morgan fingerprint density at radius 3 is 2.21 bits per heavy atom. The molecule has 0 aromatic heterocycles. The van der Waals surface area contributed by atoms with Gasteiger partial charge in [0, 0.05) is 6.54 Å². The standard InChI is InChI=1S/C12H25NO/c1-4-10-5-7-11(8-6-10)12(14)9-13(2)3/h10-12,14H,4-9H2,1-3H3. The lowest BCUT2D eigenvalue weighted by molar-refractivity contribution is 0.0522. The van der Waals surface area contributed by atoms with Gasteiger partial charge >= 0.3 is 0 Å². The fraction of sp³-hybridized carbons (Fsp3) is 1.00. The maximum absolute atomic E-state index is 9.96. The third kappa shape index (κ3) is 3.58. The molecule has 1 N–H and O–H groups in total. The first kappa shape index (κ1) is 12.0. The first-order valence-electron chi connectivity index (χ1n) is 5.96. The van der Waals surface area contributed by atoms with Crippen LogP contribution in [0.3, 0.4) is 0 Å². The molecule has 2 nitrogen and oxygen atoms in total. The summed E-state index contributed by atoms with van der Waals surface area (Å²) in [6.45, 7) is 3.10. The average Bonchev–Trinajstić information content (AvgIpc) is 2.17. The predicted octanol–water partition coefficient (Wildman–Crippen LogP) is 2.13. The number of aliphatic hydroxyl groups excluding tert-OH is 1. The van der Waals surface area contributed by atoms with Gasteiger partial charge < -0.3 is 10.0 Å². The molecule has 0 aromatic rings. The lowest BCUT2D eigenvalue weighted by atomic mass is 9.78. The van der Waals surface area contributed by atoms with Crippen molar-refractivity contribution in [2.24, 2.45) is 11.8 Å². The topological polar surface area (TPSA) is 23.5 Å². The molecule has 0 aromatic carbocycles. The van der Waals surface area contributed by atoms with Gasteiger partial charge in [0.25, 0.3) is 0 Å². The molecule has 0 saturated heterocycles. The van der Waals surface area contributed by atoms with E-state index in [-0.39, 0.29) is 6.10 Å². The van der Waals surface area contributed by atoms with E-state index in [4.69, 9.17) is 0 Å². The normalized spacial score (nSPS) is 30.6. The number of likely N-dealkylation sites (N-methyl/N-ethyl adjacent to an activating group) is 1. The molecule has 1 aliphatic carbocycles. The number of rotatable bonds is 4. The van der Waals surface area contributed by atoms with E-state index >= 15 is 0 Å². The number of aliphatic hydroxyl groups is 1. The van der Waals surface area contributed by atoms with E-state index in [0.29, 0.717) is 5.92 Å². The van der Waals surface area contributed by atoms with Gasteiger partial charge in [-0.25, -0.2) is 0 Å². The SMILES string of the molecule is CCC1CCC(C(O)CN(C)C)CC1. The van der Waals surface area contributed by atoms with Crippen LogP contribution in [0, 0.1) is 11.8 Å². The van der Waals surface area contributed by atoms with Crippen molar-refractivity contribution in [2.75, 3.05) is 20.6 Å². The molecule has 1 aliphatic rings. The minimum atomic E-state index is -0.109. The summed E-state index contributed by atoms with van der Waals surface area (Å²) in [4.78, 5) is 2.08. The van der Waals surface area contributed by atoms with Crippen LogP contribution in [0.25, 0.3) is 0 Å². The smallest absolute Gasteiger partial charge is 0.0695 e. The Labute approximate surface area is 88.3 Å². The van der Waals surface area contributed by atoms with Crippen LogP contribution in [0.2, 0.25) is 0 Å². The Kier molecular flexibility index (Phi) is 4.90. The number of nitrogens with zero attached hydrogens (tertiary/aromatic N) is 1. The second-order valence-electron chi connectivity index (χ2n) is 5.02. The van der Waals surface area contributed by atoms with Crippen molar-refractivity contribution < 1.29 is 5.11 Å². The summed E-state index contributed by atoms with van der Waals surface area (Å²) in [5, 5.41) is 9.96. The lowest BCUT2D eigenvalue weighted by Gasteiger charge is -2.32. The third-order valence-electron chi connectivity index (χ3n) is 3.57. The lowest BCUT2D eigenvalue weighted by Crippen LogP contribution is -2.34. The molecule has 1 atom stereocenters. The molecule has 0 amide bonds. The first-order valence-corrected chi connectivity index (χ1v) is 5.96. The molecular formula is C12H25NO. The Morgan fingerprint density at radius 2 is 1.79 bits per heavy atom. The van der Waals surface area contributed by atoms with Gasteiger partial charge in [-0.3, -0.25) is 0 Å². The molecule has 1 unspecified atom stereocenters. The molecule has 1 saturated carbocycles. The molecule has 1 rings (SSSR count). The maximum Gasteiger partial charge on any atom is 0.0695 e. The van der Waals surface area contributed by atoms with E-state index in [1.807, 2.05) is 14.1 Å². The Hall–Kier alpha value is -0.0800.